The van der Waals surface area contributed by atoms with Crippen molar-refractivity contribution in [2.24, 2.45) is 0 Å². The van der Waals surface area contributed by atoms with Crippen LogP contribution in [-0.4, -0.2) is 41.5 Å². The highest BCUT2D eigenvalue weighted by Crippen LogP contribution is 2.16. The monoisotopic (exact) mass is 344 g/mol. The van der Waals surface area contributed by atoms with Crippen molar-refractivity contribution in [3.63, 3.8) is 0 Å². The van der Waals surface area contributed by atoms with E-state index in [-0.39, 0.29) is 5.91 Å². The summed E-state index contributed by atoms with van der Waals surface area (Å²) >= 11 is 1.57. The fourth-order valence-electron chi connectivity index (χ4n) is 2.81. The zero-order chi connectivity index (χ0) is 16.9. The lowest BCUT2D eigenvalue weighted by Gasteiger charge is -2.33. The lowest BCUT2D eigenvalue weighted by Crippen LogP contribution is -2.49. The molecule has 1 aromatic carbocycles. The second kappa shape index (κ2) is 7.88. The van der Waals surface area contributed by atoms with E-state index >= 15 is 0 Å². The molecule has 2 aromatic rings. The zero-order valence-electron chi connectivity index (χ0n) is 14.2. The molecule has 2 heterocycles. The minimum Gasteiger partial charge on any atom is -0.326 e. The number of nitrogens with one attached hydrogen (secondary N) is 2. The minimum atomic E-state index is -0.0182. The predicted octanol–water partition coefficient (Wildman–Crippen LogP) is 2.43. The first-order valence-electron chi connectivity index (χ1n) is 8.35. The topological polar surface area (TPSA) is 57.3 Å². The summed E-state index contributed by atoms with van der Waals surface area (Å²) in [5, 5.41) is 9.27. The molecule has 0 unspecified atom stereocenters. The van der Waals surface area contributed by atoms with Crippen molar-refractivity contribution in [2.45, 2.75) is 32.9 Å². The fraction of sp³-hybridized carbons (Fsp3) is 0.444. The average molecular weight is 344 g/mol. The molecule has 128 valence electrons. The van der Waals surface area contributed by atoms with Gasteiger partial charge in [-0.3, -0.25) is 9.69 Å². The number of hydrogen-bond acceptors (Lipinski definition) is 5. The van der Waals surface area contributed by atoms with Crippen LogP contribution in [0.15, 0.2) is 29.6 Å². The van der Waals surface area contributed by atoms with Gasteiger partial charge in [0, 0.05) is 43.3 Å². The third-order valence-corrected chi connectivity index (χ3v) is 5.15. The molecule has 0 bridgehead atoms. The minimum absolute atomic E-state index is 0.0182. The summed E-state index contributed by atoms with van der Waals surface area (Å²) in [6, 6.07) is 8.35. The summed E-state index contributed by atoms with van der Waals surface area (Å²) in [6.07, 6.45) is 0.329. The number of hydrogen-bond donors (Lipinski definition) is 2. The molecule has 5 nitrogen and oxygen atoms in total. The van der Waals surface area contributed by atoms with Gasteiger partial charge in [0.05, 0.1) is 12.1 Å². The van der Waals surface area contributed by atoms with Crippen molar-refractivity contribution in [3.8, 4) is 0 Å². The van der Waals surface area contributed by atoms with Crippen molar-refractivity contribution < 1.29 is 4.79 Å². The van der Waals surface area contributed by atoms with Gasteiger partial charge in [-0.1, -0.05) is 17.7 Å². The molecule has 24 heavy (non-hydrogen) atoms. The second-order valence-electron chi connectivity index (χ2n) is 6.35. The van der Waals surface area contributed by atoms with Crippen molar-refractivity contribution >= 4 is 22.9 Å². The summed E-state index contributed by atoms with van der Waals surface area (Å²) in [5.41, 5.74) is 3.07. The van der Waals surface area contributed by atoms with Crippen LogP contribution in [-0.2, 0) is 17.8 Å². The fourth-order valence-corrected chi connectivity index (χ4v) is 3.59. The lowest BCUT2D eigenvalue weighted by molar-refractivity contribution is -0.115. The van der Waals surface area contributed by atoms with Gasteiger partial charge >= 0.3 is 0 Å². The first kappa shape index (κ1) is 17.1. The molecule has 1 amide bonds. The highest BCUT2D eigenvalue weighted by Gasteiger charge is 2.19. The van der Waals surface area contributed by atoms with E-state index in [9.17, 15) is 4.79 Å². The molecule has 0 saturated carbocycles. The van der Waals surface area contributed by atoms with Crippen LogP contribution in [0.2, 0.25) is 0 Å². The van der Waals surface area contributed by atoms with Gasteiger partial charge in [0.1, 0.15) is 5.01 Å². The number of amides is 1. The Hall–Kier alpha value is -1.76. The quantitative estimate of drug-likeness (QED) is 0.875. The number of carbonyl (C=O) groups excluding carboxylic acids is 1. The number of thiazole rings is 1. The van der Waals surface area contributed by atoms with Gasteiger partial charge in [-0.25, -0.2) is 4.98 Å². The largest absolute Gasteiger partial charge is 0.326 e. The molecule has 6 heteroatoms. The van der Waals surface area contributed by atoms with Gasteiger partial charge < -0.3 is 10.6 Å². The molecule has 3 rings (SSSR count). The molecule has 1 aromatic heterocycles. The molecule has 1 atom stereocenters. The van der Waals surface area contributed by atoms with E-state index in [1.54, 1.807) is 11.3 Å². The van der Waals surface area contributed by atoms with Crippen LogP contribution in [0.4, 0.5) is 5.69 Å². The van der Waals surface area contributed by atoms with Crippen molar-refractivity contribution in [1.82, 2.24) is 15.2 Å². The normalized spacial score (nSPS) is 18.5. The average Bonchev–Trinajstić information content (AvgIpc) is 2.99. The summed E-state index contributed by atoms with van der Waals surface area (Å²) in [4.78, 5) is 19.2. The highest BCUT2D eigenvalue weighted by atomic mass is 32.1. The number of piperazine rings is 1. The third-order valence-electron chi connectivity index (χ3n) is 4.25. The van der Waals surface area contributed by atoms with E-state index in [4.69, 9.17) is 0 Å². The zero-order valence-corrected chi connectivity index (χ0v) is 15.0. The molecule has 1 aliphatic rings. The molecule has 0 aliphatic carbocycles. The van der Waals surface area contributed by atoms with Crippen LogP contribution in [0, 0.1) is 6.92 Å². The maximum absolute atomic E-state index is 12.2. The number of rotatable bonds is 5. The molecule has 2 N–H and O–H groups in total. The summed E-state index contributed by atoms with van der Waals surface area (Å²) in [6.45, 7) is 8.22. The SMILES string of the molecule is Cc1ccc(NC(=O)Cc2nc(CN3CCNC[C@H]3C)cs2)cc1. The van der Waals surface area contributed by atoms with Crippen molar-refractivity contribution in [2.75, 3.05) is 25.0 Å². The molecular weight excluding hydrogens is 320 g/mol. The Bertz CT molecular complexity index is 683. The Morgan fingerprint density at radius 3 is 2.96 bits per heavy atom. The van der Waals surface area contributed by atoms with Crippen LogP contribution in [0.3, 0.4) is 0 Å². The summed E-state index contributed by atoms with van der Waals surface area (Å²) < 4.78 is 0. The van der Waals surface area contributed by atoms with Crippen molar-refractivity contribution in [3.05, 3.63) is 45.9 Å². The second-order valence-corrected chi connectivity index (χ2v) is 7.29. The van der Waals surface area contributed by atoms with Gasteiger partial charge in [0.25, 0.3) is 0 Å². The first-order chi connectivity index (χ1) is 11.6. The molecule has 1 aliphatic heterocycles. The number of aromatic nitrogens is 1. The van der Waals surface area contributed by atoms with E-state index < -0.39 is 0 Å². The van der Waals surface area contributed by atoms with Crippen LogP contribution < -0.4 is 10.6 Å². The maximum atomic E-state index is 12.2. The van der Waals surface area contributed by atoms with E-state index in [1.165, 1.54) is 5.56 Å². The summed E-state index contributed by atoms with van der Waals surface area (Å²) in [5.74, 6) is -0.0182. The number of carbonyl (C=O) groups is 1. The van der Waals surface area contributed by atoms with Crippen LogP contribution in [0.25, 0.3) is 0 Å². The van der Waals surface area contributed by atoms with Gasteiger partial charge in [0.15, 0.2) is 0 Å². The Labute approximate surface area is 147 Å². The van der Waals surface area contributed by atoms with Gasteiger partial charge in [-0.05, 0) is 26.0 Å². The van der Waals surface area contributed by atoms with E-state index in [1.807, 2.05) is 31.2 Å². The Balaban J connectivity index is 1.53. The van der Waals surface area contributed by atoms with Gasteiger partial charge in [0.2, 0.25) is 5.91 Å². The predicted molar refractivity (Wildman–Crippen MR) is 98.4 cm³/mol. The van der Waals surface area contributed by atoms with E-state index in [0.29, 0.717) is 12.5 Å². The Kier molecular flexibility index (Phi) is 5.60. The summed E-state index contributed by atoms with van der Waals surface area (Å²) in [7, 11) is 0. The lowest BCUT2D eigenvalue weighted by atomic mass is 10.2. The first-order valence-corrected chi connectivity index (χ1v) is 9.22. The third kappa shape index (κ3) is 4.63. The standard InChI is InChI=1S/C18H24N4OS/c1-13-3-5-15(6-4-13)20-17(23)9-18-21-16(12-24-18)11-22-8-7-19-10-14(22)2/h3-6,12,14,19H,7-11H2,1-2H3,(H,20,23)/t14-/m1/s1. The smallest absolute Gasteiger partial charge is 0.231 e. The molecule has 0 radical (unpaired) electrons. The van der Waals surface area contributed by atoms with Crippen LogP contribution >= 0.6 is 11.3 Å². The number of nitrogens with zero attached hydrogens (tertiary/aromatic N) is 2. The molecule has 1 fully saturated rings. The van der Waals surface area contributed by atoms with Crippen LogP contribution in [0.5, 0.6) is 0 Å². The van der Waals surface area contributed by atoms with E-state index in [2.05, 4.69) is 32.8 Å². The molecule has 0 spiro atoms. The van der Waals surface area contributed by atoms with E-state index in [0.717, 1.165) is 42.6 Å². The maximum Gasteiger partial charge on any atom is 0.231 e. The van der Waals surface area contributed by atoms with Crippen molar-refractivity contribution in [1.29, 1.82) is 0 Å². The Morgan fingerprint density at radius 2 is 2.21 bits per heavy atom. The Morgan fingerprint density at radius 1 is 1.42 bits per heavy atom. The molecular formula is C18H24N4OS. The molecule has 1 saturated heterocycles. The van der Waals surface area contributed by atoms with Crippen LogP contribution in [0.1, 0.15) is 23.2 Å². The number of anilines is 1. The number of benzene rings is 1. The van der Waals surface area contributed by atoms with Gasteiger partial charge in [-0.2, -0.15) is 0 Å². The van der Waals surface area contributed by atoms with Gasteiger partial charge in [-0.15, -0.1) is 11.3 Å². The highest BCUT2D eigenvalue weighted by molar-refractivity contribution is 7.09. The number of aryl methyl sites for hydroxylation is 1.